The van der Waals surface area contributed by atoms with E-state index in [1.165, 1.54) is 4.90 Å². The van der Waals surface area contributed by atoms with Gasteiger partial charge in [-0.25, -0.2) is 9.88 Å². The Morgan fingerprint density at radius 1 is 1.12 bits per heavy atom. The lowest BCUT2D eigenvalue weighted by atomic mass is 9.69. The van der Waals surface area contributed by atoms with Gasteiger partial charge in [-0.05, 0) is 38.8 Å². The average molecular weight is 326 g/mol. The molecule has 3 aliphatic heterocycles. The first kappa shape index (κ1) is 14.2. The molecule has 2 bridgehead atoms. The van der Waals surface area contributed by atoms with Gasteiger partial charge in [-0.2, -0.15) is 0 Å². The first-order valence-electron chi connectivity index (χ1n) is 8.28. The van der Waals surface area contributed by atoms with Crippen molar-refractivity contribution in [3.63, 3.8) is 0 Å². The highest BCUT2D eigenvalue weighted by Gasteiger charge is 2.72. The van der Waals surface area contributed by atoms with Crippen LogP contribution < -0.4 is 4.90 Å². The van der Waals surface area contributed by atoms with E-state index in [4.69, 9.17) is 9.15 Å². The molecule has 0 N–H and O–H groups in total. The minimum absolute atomic E-state index is 0.177. The summed E-state index contributed by atoms with van der Waals surface area (Å²) in [5, 5.41) is 0. The lowest BCUT2D eigenvalue weighted by Crippen LogP contribution is -2.40. The molecule has 2 amide bonds. The molecule has 2 aromatic rings. The van der Waals surface area contributed by atoms with Crippen molar-refractivity contribution in [3.05, 3.63) is 24.1 Å². The van der Waals surface area contributed by atoms with Crippen LogP contribution in [0.15, 0.2) is 22.6 Å². The van der Waals surface area contributed by atoms with Crippen molar-refractivity contribution in [2.45, 2.75) is 44.8 Å². The van der Waals surface area contributed by atoms with Crippen molar-refractivity contribution in [3.8, 4) is 0 Å². The largest absolute Gasteiger partial charge is 0.441 e. The van der Waals surface area contributed by atoms with E-state index < -0.39 is 23.0 Å². The van der Waals surface area contributed by atoms with Crippen LogP contribution in [0.25, 0.3) is 11.1 Å². The number of oxazole rings is 1. The topological polar surface area (TPSA) is 72.6 Å². The molecule has 24 heavy (non-hydrogen) atoms. The summed E-state index contributed by atoms with van der Waals surface area (Å²) in [6, 6.07) is 5.33. The summed E-state index contributed by atoms with van der Waals surface area (Å²) in [5.74, 6) is -0.661. The Labute approximate surface area is 138 Å². The highest BCUT2D eigenvalue weighted by molar-refractivity contribution is 6.25. The van der Waals surface area contributed by atoms with Crippen LogP contribution in [0.5, 0.6) is 0 Å². The number of aromatic nitrogens is 1. The van der Waals surface area contributed by atoms with E-state index in [0.29, 0.717) is 22.7 Å². The smallest absolute Gasteiger partial charge is 0.240 e. The Balaban J connectivity index is 1.68. The average Bonchev–Trinajstić information content (AvgIpc) is 3.17. The third-order valence-electron chi connectivity index (χ3n) is 5.95. The van der Waals surface area contributed by atoms with Crippen LogP contribution >= 0.6 is 0 Å². The zero-order chi connectivity index (χ0) is 16.9. The Kier molecular flexibility index (Phi) is 2.39. The molecule has 4 heterocycles. The Morgan fingerprint density at radius 2 is 1.75 bits per heavy atom. The van der Waals surface area contributed by atoms with Crippen molar-refractivity contribution in [1.82, 2.24) is 4.98 Å². The molecule has 3 fully saturated rings. The van der Waals surface area contributed by atoms with Gasteiger partial charge in [0.25, 0.3) is 0 Å². The highest BCUT2D eigenvalue weighted by atomic mass is 16.5. The van der Waals surface area contributed by atoms with Gasteiger partial charge in [0, 0.05) is 6.92 Å². The molecule has 6 heteroatoms. The second-order valence-electron chi connectivity index (χ2n) is 7.55. The summed E-state index contributed by atoms with van der Waals surface area (Å²) in [6.07, 6.45) is 1.62. The molecule has 0 spiro atoms. The molecule has 0 saturated carbocycles. The standard InChI is InChI=1S/C18H18N2O4/c1-9-19-14-10(5-4-6-11(14)23-9)20-15(21)12-13(16(20)22)18(3)8-7-17(12,2)24-18/h4-6,12-13H,7-8H2,1-3H3/t12-,13-,17-,18+/m1/s1. The predicted molar refractivity (Wildman–Crippen MR) is 85.3 cm³/mol. The Hall–Kier alpha value is -2.21. The van der Waals surface area contributed by atoms with Crippen LogP contribution in [0.2, 0.25) is 0 Å². The van der Waals surface area contributed by atoms with Gasteiger partial charge in [0.2, 0.25) is 11.8 Å². The van der Waals surface area contributed by atoms with Gasteiger partial charge < -0.3 is 9.15 Å². The molecule has 1 aromatic carbocycles. The molecule has 1 aromatic heterocycles. The van der Waals surface area contributed by atoms with E-state index in [1.54, 1.807) is 25.1 Å². The first-order valence-corrected chi connectivity index (χ1v) is 8.28. The molecule has 124 valence electrons. The number of anilines is 1. The third kappa shape index (κ3) is 1.48. The fraction of sp³-hybridized carbons (Fsp3) is 0.500. The summed E-state index contributed by atoms with van der Waals surface area (Å²) < 4.78 is 11.7. The fourth-order valence-corrected chi connectivity index (χ4v) is 4.93. The van der Waals surface area contributed by atoms with Gasteiger partial charge in [-0.3, -0.25) is 9.59 Å². The minimum Gasteiger partial charge on any atom is -0.441 e. The molecule has 5 rings (SSSR count). The summed E-state index contributed by atoms with van der Waals surface area (Å²) in [4.78, 5) is 32.0. The van der Waals surface area contributed by atoms with Crippen LogP contribution in [0.4, 0.5) is 5.69 Å². The lowest BCUT2D eigenvalue weighted by Gasteiger charge is -2.27. The number of fused-ring (bicyclic) bond motifs is 6. The van der Waals surface area contributed by atoms with Crippen molar-refractivity contribution in [2.75, 3.05) is 4.90 Å². The van der Waals surface area contributed by atoms with Crippen molar-refractivity contribution < 1.29 is 18.7 Å². The quantitative estimate of drug-likeness (QED) is 0.753. The first-order chi connectivity index (χ1) is 11.3. The molecule has 3 aliphatic rings. The molecular weight excluding hydrogens is 308 g/mol. The summed E-state index contributed by atoms with van der Waals surface area (Å²) in [5.41, 5.74) is 0.559. The second-order valence-corrected chi connectivity index (χ2v) is 7.55. The molecule has 0 aliphatic carbocycles. The molecule has 0 unspecified atom stereocenters. The van der Waals surface area contributed by atoms with Crippen LogP contribution in [-0.4, -0.2) is 28.0 Å². The van der Waals surface area contributed by atoms with Crippen molar-refractivity contribution >= 4 is 28.6 Å². The second kappa shape index (κ2) is 4.06. The number of hydrogen-bond acceptors (Lipinski definition) is 5. The van der Waals surface area contributed by atoms with E-state index >= 15 is 0 Å². The van der Waals surface area contributed by atoms with E-state index in [9.17, 15) is 9.59 Å². The number of rotatable bonds is 1. The maximum Gasteiger partial charge on any atom is 0.240 e. The Bertz CT molecular complexity index is 885. The number of hydrogen-bond donors (Lipinski definition) is 0. The van der Waals surface area contributed by atoms with Crippen LogP contribution in [0.1, 0.15) is 32.6 Å². The summed E-state index contributed by atoms with van der Waals surface area (Å²) in [6.45, 7) is 5.67. The fourth-order valence-electron chi connectivity index (χ4n) is 4.93. The summed E-state index contributed by atoms with van der Waals surface area (Å²) >= 11 is 0. The number of benzene rings is 1. The van der Waals surface area contributed by atoms with Gasteiger partial charge in [0.05, 0.1) is 28.7 Å². The van der Waals surface area contributed by atoms with Crippen molar-refractivity contribution in [1.29, 1.82) is 0 Å². The zero-order valence-electron chi connectivity index (χ0n) is 13.8. The van der Waals surface area contributed by atoms with Gasteiger partial charge in [0.1, 0.15) is 5.52 Å². The van der Waals surface area contributed by atoms with Crippen LogP contribution in [-0.2, 0) is 14.3 Å². The van der Waals surface area contributed by atoms with Crippen molar-refractivity contribution in [2.24, 2.45) is 11.8 Å². The normalized spacial score (nSPS) is 37.7. The zero-order valence-corrected chi connectivity index (χ0v) is 13.8. The molecule has 3 saturated heterocycles. The highest BCUT2D eigenvalue weighted by Crippen LogP contribution is 2.61. The molecule has 0 radical (unpaired) electrons. The number of ether oxygens (including phenoxy) is 1. The third-order valence-corrected chi connectivity index (χ3v) is 5.95. The van der Waals surface area contributed by atoms with E-state index in [1.807, 2.05) is 13.8 Å². The predicted octanol–water partition coefficient (Wildman–Crippen LogP) is 2.58. The van der Waals surface area contributed by atoms with Crippen LogP contribution in [0.3, 0.4) is 0 Å². The van der Waals surface area contributed by atoms with E-state index in [-0.39, 0.29) is 11.8 Å². The molecular formula is C18H18N2O4. The lowest BCUT2D eigenvalue weighted by molar-refractivity contribution is -0.129. The number of imide groups is 1. The molecule has 6 nitrogen and oxygen atoms in total. The van der Waals surface area contributed by atoms with Gasteiger partial charge in [-0.15, -0.1) is 0 Å². The van der Waals surface area contributed by atoms with E-state index in [2.05, 4.69) is 4.98 Å². The van der Waals surface area contributed by atoms with Gasteiger partial charge >= 0.3 is 0 Å². The van der Waals surface area contributed by atoms with Gasteiger partial charge in [0.15, 0.2) is 11.5 Å². The van der Waals surface area contributed by atoms with Crippen LogP contribution in [0, 0.1) is 18.8 Å². The monoisotopic (exact) mass is 326 g/mol. The van der Waals surface area contributed by atoms with E-state index in [0.717, 1.165) is 12.8 Å². The maximum absolute atomic E-state index is 13.2. The number of nitrogens with zero attached hydrogens (tertiary/aromatic N) is 2. The number of aryl methyl sites for hydroxylation is 1. The molecule has 4 atom stereocenters. The number of amides is 2. The van der Waals surface area contributed by atoms with Gasteiger partial charge in [-0.1, -0.05) is 6.07 Å². The minimum atomic E-state index is -0.547. The number of carbonyl (C=O) groups excluding carboxylic acids is 2. The number of para-hydroxylation sites is 1. The Morgan fingerprint density at radius 3 is 2.38 bits per heavy atom. The SMILES string of the molecule is Cc1nc2c(N3C(=O)[C@H]4[C@H](C3=O)[C@]3(C)CC[C@@]4(C)O3)cccc2o1. The maximum atomic E-state index is 13.2. The summed E-state index contributed by atoms with van der Waals surface area (Å²) in [7, 11) is 0. The number of carbonyl (C=O) groups is 2.